The van der Waals surface area contributed by atoms with Gasteiger partial charge in [0.2, 0.25) is 0 Å². The van der Waals surface area contributed by atoms with Gasteiger partial charge < -0.3 is 5.32 Å². The first-order valence-electron chi connectivity index (χ1n) is 4.39. The summed E-state index contributed by atoms with van der Waals surface area (Å²) >= 11 is 0. The Morgan fingerprint density at radius 2 is 2.15 bits per heavy atom. The quantitative estimate of drug-likeness (QED) is 0.736. The van der Waals surface area contributed by atoms with Gasteiger partial charge in [-0.3, -0.25) is 4.79 Å². The molecule has 1 aromatic rings. The van der Waals surface area contributed by atoms with Crippen molar-refractivity contribution in [2.45, 2.75) is 12.8 Å². The highest BCUT2D eigenvalue weighted by atomic mass is 16.1. The third-order valence-corrected chi connectivity index (χ3v) is 2.07. The van der Waals surface area contributed by atoms with Crippen molar-refractivity contribution in [3.05, 3.63) is 24.3 Å². The van der Waals surface area contributed by atoms with Crippen molar-refractivity contribution in [3.63, 3.8) is 0 Å². The van der Waals surface area contributed by atoms with Crippen molar-refractivity contribution in [2.24, 2.45) is 5.92 Å². The van der Waals surface area contributed by atoms with E-state index >= 15 is 0 Å². The number of hydrogen-bond donors (Lipinski definition) is 1. The first-order chi connectivity index (χ1) is 6.36. The number of carbonyl (C=O) groups is 1. The molecule has 68 valence electrons. The van der Waals surface area contributed by atoms with E-state index in [4.69, 9.17) is 0 Å². The summed E-state index contributed by atoms with van der Waals surface area (Å²) in [4.78, 5) is 18.9. The minimum atomic E-state index is -0.0764. The smallest absolute Gasteiger partial charge is 0.254 e. The fourth-order valence-electron chi connectivity index (χ4n) is 1.08. The number of hydrogen-bond acceptors (Lipinski definition) is 3. The molecule has 1 N–H and O–H groups in total. The Kier molecular flexibility index (Phi) is 2.21. The summed E-state index contributed by atoms with van der Waals surface area (Å²) in [5, 5.41) is 2.84. The van der Waals surface area contributed by atoms with E-state index in [1.165, 1.54) is 31.6 Å². The zero-order chi connectivity index (χ0) is 9.10. The van der Waals surface area contributed by atoms with Crippen LogP contribution in [-0.2, 0) is 0 Å². The molecule has 0 aliphatic heterocycles. The first-order valence-corrected chi connectivity index (χ1v) is 4.39. The third-order valence-electron chi connectivity index (χ3n) is 2.07. The van der Waals surface area contributed by atoms with Crippen LogP contribution >= 0.6 is 0 Å². The maximum atomic E-state index is 11.4. The molecule has 2 rings (SSSR count). The molecule has 1 saturated carbocycles. The molecular formula is C9H11N3O. The number of amides is 1. The topological polar surface area (TPSA) is 54.9 Å². The summed E-state index contributed by atoms with van der Waals surface area (Å²) in [6.45, 7) is 0.785. The van der Waals surface area contributed by atoms with E-state index in [0.717, 1.165) is 6.54 Å². The van der Waals surface area contributed by atoms with Crippen LogP contribution in [0.15, 0.2) is 18.7 Å². The number of carbonyl (C=O) groups excluding carboxylic acids is 1. The van der Waals surface area contributed by atoms with Crippen LogP contribution in [0.5, 0.6) is 0 Å². The molecule has 0 aromatic carbocycles. The number of nitrogens with zero attached hydrogens (tertiary/aromatic N) is 2. The van der Waals surface area contributed by atoms with E-state index in [-0.39, 0.29) is 5.91 Å². The van der Waals surface area contributed by atoms with E-state index in [2.05, 4.69) is 15.3 Å². The highest BCUT2D eigenvalue weighted by Gasteiger charge is 2.21. The van der Waals surface area contributed by atoms with Gasteiger partial charge in [-0.1, -0.05) is 0 Å². The second kappa shape index (κ2) is 3.51. The monoisotopic (exact) mass is 177 g/mol. The lowest BCUT2D eigenvalue weighted by Gasteiger charge is -2.01. The Labute approximate surface area is 76.4 Å². The fraction of sp³-hybridized carbons (Fsp3) is 0.444. The molecule has 1 amide bonds. The molecular weight excluding hydrogens is 166 g/mol. The second-order valence-corrected chi connectivity index (χ2v) is 3.28. The standard InChI is InChI=1S/C9H11N3O/c13-9(12-3-7-1-2-7)8-4-10-6-11-5-8/h4-7H,1-3H2,(H,12,13). The van der Waals surface area contributed by atoms with Gasteiger partial charge in [-0.05, 0) is 18.8 Å². The molecule has 13 heavy (non-hydrogen) atoms. The summed E-state index contributed by atoms with van der Waals surface area (Å²) < 4.78 is 0. The van der Waals surface area contributed by atoms with Gasteiger partial charge in [0.05, 0.1) is 5.56 Å². The minimum absolute atomic E-state index is 0.0764. The van der Waals surface area contributed by atoms with Crippen LogP contribution in [0.4, 0.5) is 0 Å². The molecule has 0 saturated heterocycles. The Morgan fingerprint density at radius 3 is 2.77 bits per heavy atom. The number of aromatic nitrogens is 2. The van der Waals surface area contributed by atoms with Crippen LogP contribution in [0, 0.1) is 5.92 Å². The van der Waals surface area contributed by atoms with Crippen LogP contribution in [-0.4, -0.2) is 22.4 Å². The molecule has 1 aliphatic carbocycles. The Morgan fingerprint density at radius 1 is 1.46 bits per heavy atom. The number of nitrogens with one attached hydrogen (secondary N) is 1. The predicted molar refractivity (Wildman–Crippen MR) is 47.1 cm³/mol. The number of rotatable bonds is 3. The molecule has 1 fully saturated rings. The van der Waals surface area contributed by atoms with Crippen LogP contribution in [0.25, 0.3) is 0 Å². The molecule has 0 atom stereocenters. The normalized spacial score (nSPS) is 15.4. The lowest BCUT2D eigenvalue weighted by molar-refractivity contribution is 0.0951. The average Bonchev–Trinajstić information content (AvgIpc) is 2.99. The minimum Gasteiger partial charge on any atom is -0.352 e. The molecule has 0 unspecified atom stereocenters. The Bertz CT molecular complexity index is 295. The van der Waals surface area contributed by atoms with Crippen molar-refractivity contribution in [1.82, 2.24) is 15.3 Å². The van der Waals surface area contributed by atoms with E-state index in [1.807, 2.05) is 0 Å². The summed E-state index contributed by atoms with van der Waals surface area (Å²) in [6.07, 6.45) is 6.94. The zero-order valence-electron chi connectivity index (χ0n) is 7.23. The molecule has 0 spiro atoms. The summed E-state index contributed by atoms with van der Waals surface area (Å²) in [5.41, 5.74) is 0.531. The molecule has 0 radical (unpaired) electrons. The maximum Gasteiger partial charge on any atom is 0.254 e. The highest BCUT2D eigenvalue weighted by molar-refractivity contribution is 5.93. The molecule has 1 aliphatic rings. The predicted octanol–water partition coefficient (Wildman–Crippen LogP) is 0.616. The SMILES string of the molecule is O=C(NCC1CC1)c1cncnc1. The van der Waals surface area contributed by atoms with Crippen LogP contribution < -0.4 is 5.32 Å². The third kappa shape index (κ3) is 2.24. The van der Waals surface area contributed by atoms with Gasteiger partial charge >= 0.3 is 0 Å². The van der Waals surface area contributed by atoms with Gasteiger partial charge in [0.25, 0.3) is 5.91 Å². The van der Waals surface area contributed by atoms with Crippen LogP contribution in [0.2, 0.25) is 0 Å². The van der Waals surface area contributed by atoms with Crippen molar-refractivity contribution in [1.29, 1.82) is 0 Å². The van der Waals surface area contributed by atoms with Gasteiger partial charge in [0, 0.05) is 18.9 Å². The lowest BCUT2D eigenvalue weighted by atomic mass is 10.3. The highest BCUT2D eigenvalue weighted by Crippen LogP contribution is 2.27. The van der Waals surface area contributed by atoms with E-state index in [0.29, 0.717) is 11.5 Å². The Hall–Kier alpha value is -1.45. The van der Waals surface area contributed by atoms with Gasteiger partial charge in [-0.15, -0.1) is 0 Å². The van der Waals surface area contributed by atoms with Crippen molar-refractivity contribution < 1.29 is 4.79 Å². The van der Waals surface area contributed by atoms with Crippen LogP contribution in [0.1, 0.15) is 23.2 Å². The molecule has 0 bridgehead atoms. The fourth-order valence-corrected chi connectivity index (χ4v) is 1.08. The van der Waals surface area contributed by atoms with Gasteiger partial charge in [-0.25, -0.2) is 9.97 Å². The van der Waals surface area contributed by atoms with E-state index in [9.17, 15) is 4.79 Å². The van der Waals surface area contributed by atoms with Gasteiger partial charge in [0.15, 0.2) is 0 Å². The van der Waals surface area contributed by atoms with Crippen molar-refractivity contribution >= 4 is 5.91 Å². The largest absolute Gasteiger partial charge is 0.352 e. The van der Waals surface area contributed by atoms with Crippen molar-refractivity contribution in [3.8, 4) is 0 Å². The van der Waals surface area contributed by atoms with E-state index < -0.39 is 0 Å². The zero-order valence-corrected chi connectivity index (χ0v) is 7.23. The molecule has 1 aromatic heterocycles. The first kappa shape index (κ1) is 8.16. The summed E-state index contributed by atoms with van der Waals surface area (Å²) in [7, 11) is 0. The lowest BCUT2D eigenvalue weighted by Crippen LogP contribution is -2.25. The second-order valence-electron chi connectivity index (χ2n) is 3.28. The summed E-state index contributed by atoms with van der Waals surface area (Å²) in [6, 6.07) is 0. The maximum absolute atomic E-state index is 11.4. The van der Waals surface area contributed by atoms with Gasteiger partial charge in [-0.2, -0.15) is 0 Å². The average molecular weight is 177 g/mol. The van der Waals surface area contributed by atoms with Crippen LogP contribution in [0.3, 0.4) is 0 Å². The summed E-state index contributed by atoms with van der Waals surface area (Å²) in [5.74, 6) is 0.626. The molecule has 1 heterocycles. The van der Waals surface area contributed by atoms with E-state index in [1.54, 1.807) is 0 Å². The molecule has 4 nitrogen and oxygen atoms in total. The van der Waals surface area contributed by atoms with Gasteiger partial charge in [0.1, 0.15) is 6.33 Å². The molecule has 4 heteroatoms. The Balaban J connectivity index is 1.89. The van der Waals surface area contributed by atoms with Crippen molar-refractivity contribution in [2.75, 3.05) is 6.54 Å².